The SMILES string of the molecule is CC(=O)/C(=C/Cl)C(O)/C=C/c1ccccc1[N+](=O)[O-]. The number of Topliss-reactive ketones (excluding diaryl/α,β-unsaturated/α-hetero) is 1. The Bertz CT molecular complexity index is 551. The molecule has 1 atom stereocenters. The van der Waals surface area contributed by atoms with Crippen molar-refractivity contribution in [2.24, 2.45) is 0 Å². The predicted molar refractivity (Wildman–Crippen MR) is 72.8 cm³/mol. The second-order valence-electron chi connectivity index (χ2n) is 3.74. The van der Waals surface area contributed by atoms with Crippen molar-refractivity contribution in [1.82, 2.24) is 0 Å². The zero-order valence-corrected chi connectivity index (χ0v) is 10.9. The summed E-state index contributed by atoms with van der Waals surface area (Å²) in [6.45, 7) is 1.27. The average Bonchev–Trinajstić information content (AvgIpc) is 2.37. The van der Waals surface area contributed by atoms with Gasteiger partial charge in [0.25, 0.3) is 5.69 Å². The number of carbonyl (C=O) groups is 1. The second kappa shape index (κ2) is 6.82. The minimum absolute atomic E-state index is 0.0245. The molecule has 0 aliphatic carbocycles. The molecule has 1 aromatic rings. The van der Waals surface area contributed by atoms with Crippen LogP contribution in [0, 0.1) is 10.1 Å². The van der Waals surface area contributed by atoms with E-state index in [-0.39, 0.29) is 17.0 Å². The van der Waals surface area contributed by atoms with E-state index in [4.69, 9.17) is 11.6 Å². The van der Waals surface area contributed by atoms with E-state index < -0.39 is 11.0 Å². The maximum atomic E-state index is 11.1. The number of hydrogen-bond donors (Lipinski definition) is 1. The first-order valence-electron chi connectivity index (χ1n) is 5.38. The monoisotopic (exact) mass is 281 g/mol. The topological polar surface area (TPSA) is 80.4 Å². The van der Waals surface area contributed by atoms with Gasteiger partial charge >= 0.3 is 0 Å². The zero-order valence-electron chi connectivity index (χ0n) is 10.1. The number of aliphatic hydroxyl groups excluding tert-OH is 1. The molecule has 0 amide bonds. The van der Waals surface area contributed by atoms with Gasteiger partial charge in [0.2, 0.25) is 0 Å². The summed E-state index contributed by atoms with van der Waals surface area (Å²) in [6, 6.07) is 6.09. The summed E-state index contributed by atoms with van der Waals surface area (Å²) in [5.74, 6) is -0.366. The molecule has 1 N–H and O–H groups in total. The quantitative estimate of drug-likeness (QED) is 0.511. The number of para-hydroxylation sites is 1. The number of nitrogens with zero attached hydrogens (tertiary/aromatic N) is 1. The first-order valence-corrected chi connectivity index (χ1v) is 5.82. The lowest BCUT2D eigenvalue weighted by Gasteiger charge is -2.06. The third-order valence-electron chi connectivity index (χ3n) is 2.43. The van der Waals surface area contributed by atoms with Crippen LogP contribution in [0.3, 0.4) is 0 Å². The molecule has 0 bridgehead atoms. The van der Waals surface area contributed by atoms with Crippen molar-refractivity contribution in [1.29, 1.82) is 0 Å². The molecule has 19 heavy (non-hydrogen) atoms. The third kappa shape index (κ3) is 4.01. The summed E-state index contributed by atoms with van der Waals surface area (Å²) >= 11 is 5.44. The zero-order chi connectivity index (χ0) is 14.4. The van der Waals surface area contributed by atoms with Crippen LogP contribution in [-0.4, -0.2) is 21.9 Å². The molecule has 0 fully saturated rings. The van der Waals surface area contributed by atoms with Crippen LogP contribution in [-0.2, 0) is 4.79 Å². The van der Waals surface area contributed by atoms with Gasteiger partial charge in [0.15, 0.2) is 5.78 Å². The van der Waals surface area contributed by atoms with Gasteiger partial charge in [-0.1, -0.05) is 29.8 Å². The highest BCUT2D eigenvalue weighted by atomic mass is 35.5. The van der Waals surface area contributed by atoms with E-state index in [1.165, 1.54) is 25.1 Å². The molecule has 0 saturated heterocycles. The highest BCUT2D eigenvalue weighted by Crippen LogP contribution is 2.20. The molecule has 0 spiro atoms. The van der Waals surface area contributed by atoms with Crippen LogP contribution in [0.4, 0.5) is 5.69 Å². The fourth-order valence-electron chi connectivity index (χ4n) is 1.44. The second-order valence-corrected chi connectivity index (χ2v) is 3.96. The molecule has 0 saturated carbocycles. The molecule has 0 aliphatic heterocycles. The third-order valence-corrected chi connectivity index (χ3v) is 2.67. The largest absolute Gasteiger partial charge is 0.384 e. The smallest absolute Gasteiger partial charge is 0.276 e. The Hall–Kier alpha value is -1.98. The summed E-state index contributed by atoms with van der Waals surface area (Å²) in [7, 11) is 0. The van der Waals surface area contributed by atoms with Gasteiger partial charge in [0.1, 0.15) is 6.10 Å². The average molecular weight is 282 g/mol. The standard InChI is InChI=1S/C13H12ClNO4/c1-9(16)11(8-14)13(17)7-6-10-4-2-3-5-12(10)15(18)19/h2-8,13,17H,1H3/b7-6+,11-8-. The van der Waals surface area contributed by atoms with Crippen LogP contribution in [0.1, 0.15) is 12.5 Å². The van der Waals surface area contributed by atoms with E-state index in [1.54, 1.807) is 18.2 Å². The fraction of sp³-hybridized carbons (Fsp3) is 0.154. The Balaban J connectivity index is 3.00. The number of ketones is 1. The van der Waals surface area contributed by atoms with Crippen LogP contribution in [0.15, 0.2) is 41.4 Å². The molecule has 0 radical (unpaired) electrons. The van der Waals surface area contributed by atoms with Crippen molar-refractivity contribution < 1.29 is 14.8 Å². The fourth-order valence-corrected chi connectivity index (χ4v) is 1.73. The lowest BCUT2D eigenvalue weighted by atomic mass is 10.1. The number of nitro benzene ring substituents is 1. The van der Waals surface area contributed by atoms with E-state index in [9.17, 15) is 20.0 Å². The minimum atomic E-state index is -1.20. The van der Waals surface area contributed by atoms with E-state index in [2.05, 4.69) is 0 Å². The number of hydrogen-bond acceptors (Lipinski definition) is 4. The summed E-state index contributed by atoms with van der Waals surface area (Å²) in [5, 5.41) is 20.5. The molecule has 0 aromatic heterocycles. The van der Waals surface area contributed by atoms with Crippen LogP contribution in [0.2, 0.25) is 0 Å². The molecule has 0 heterocycles. The molecule has 6 heteroatoms. The van der Waals surface area contributed by atoms with Gasteiger partial charge in [-0.05, 0) is 19.1 Å². The molecular formula is C13H12ClNO4. The van der Waals surface area contributed by atoms with Crippen LogP contribution < -0.4 is 0 Å². The maximum absolute atomic E-state index is 11.1. The van der Waals surface area contributed by atoms with Crippen molar-refractivity contribution >= 4 is 29.1 Å². The lowest BCUT2D eigenvalue weighted by Crippen LogP contribution is -2.12. The summed E-state index contributed by atoms with van der Waals surface area (Å²) < 4.78 is 0. The number of carbonyl (C=O) groups excluding carboxylic acids is 1. The van der Waals surface area contributed by atoms with Gasteiger partial charge in [-0.2, -0.15) is 0 Å². The van der Waals surface area contributed by atoms with Gasteiger partial charge in [-0.3, -0.25) is 14.9 Å². The molecule has 1 rings (SSSR count). The maximum Gasteiger partial charge on any atom is 0.276 e. The summed E-state index contributed by atoms with van der Waals surface area (Å²) in [5.41, 5.74) is 1.28. The Morgan fingerprint density at radius 2 is 2.11 bits per heavy atom. The molecule has 1 aromatic carbocycles. The van der Waals surface area contributed by atoms with E-state index in [1.807, 2.05) is 0 Å². The van der Waals surface area contributed by atoms with Gasteiger partial charge in [-0.15, -0.1) is 0 Å². The number of aliphatic hydroxyl groups is 1. The minimum Gasteiger partial charge on any atom is -0.384 e. The van der Waals surface area contributed by atoms with Crippen molar-refractivity contribution in [3.05, 3.63) is 57.1 Å². The summed E-state index contributed by atoms with van der Waals surface area (Å²) in [4.78, 5) is 21.4. The first-order chi connectivity index (χ1) is 8.97. The van der Waals surface area contributed by atoms with Crippen molar-refractivity contribution in [2.75, 3.05) is 0 Å². The number of benzene rings is 1. The van der Waals surface area contributed by atoms with E-state index in [0.29, 0.717) is 5.56 Å². The number of halogens is 1. The normalized spacial score (nSPS) is 13.5. The number of nitro groups is 1. The van der Waals surface area contributed by atoms with Crippen LogP contribution in [0.25, 0.3) is 6.08 Å². The summed E-state index contributed by atoms with van der Waals surface area (Å²) in [6.07, 6.45) is 1.46. The Labute approximate surface area is 115 Å². The van der Waals surface area contributed by atoms with Crippen LogP contribution >= 0.6 is 11.6 Å². The van der Waals surface area contributed by atoms with Crippen LogP contribution in [0.5, 0.6) is 0 Å². The number of rotatable bonds is 5. The highest BCUT2D eigenvalue weighted by Gasteiger charge is 2.13. The Morgan fingerprint density at radius 1 is 1.47 bits per heavy atom. The Morgan fingerprint density at radius 3 is 2.63 bits per heavy atom. The van der Waals surface area contributed by atoms with Crippen molar-refractivity contribution in [3.8, 4) is 0 Å². The first kappa shape index (κ1) is 15.1. The van der Waals surface area contributed by atoms with Gasteiger partial charge in [0.05, 0.1) is 10.5 Å². The lowest BCUT2D eigenvalue weighted by molar-refractivity contribution is -0.385. The van der Waals surface area contributed by atoms with Crippen molar-refractivity contribution in [3.63, 3.8) is 0 Å². The molecule has 1 unspecified atom stereocenters. The Kier molecular flexibility index (Phi) is 5.41. The molecule has 0 aliphatic rings. The van der Waals surface area contributed by atoms with Gasteiger partial charge in [0, 0.05) is 17.2 Å². The highest BCUT2D eigenvalue weighted by molar-refractivity contribution is 6.27. The van der Waals surface area contributed by atoms with E-state index >= 15 is 0 Å². The van der Waals surface area contributed by atoms with Crippen molar-refractivity contribution in [2.45, 2.75) is 13.0 Å². The van der Waals surface area contributed by atoms with Gasteiger partial charge < -0.3 is 5.11 Å². The van der Waals surface area contributed by atoms with Gasteiger partial charge in [-0.25, -0.2) is 0 Å². The molecular weight excluding hydrogens is 270 g/mol. The molecule has 5 nitrogen and oxygen atoms in total. The predicted octanol–water partition coefficient (Wildman–Crippen LogP) is 2.68. The van der Waals surface area contributed by atoms with E-state index in [0.717, 1.165) is 5.54 Å². The molecule has 100 valence electrons.